The number of hydrogen-bond donors (Lipinski definition) is 2. The first kappa shape index (κ1) is 15.0. The summed E-state index contributed by atoms with van der Waals surface area (Å²) in [5.74, 6) is 0.359. The summed E-state index contributed by atoms with van der Waals surface area (Å²) in [4.78, 5) is 12.7. The van der Waals surface area contributed by atoms with E-state index in [0.717, 1.165) is 36.6 Å². The first-order valence-electron chi connectivity index (χ1n) is 8.10. The SMILES string of the molecule is CCn1nc2ccccc2c1C(=O)N[C@H]1CC[C@H](CO)CC1. The highest BCUT2D eigenvalue weighted by Crippen LogP contribution is 2.25. The maximum Gasteiger partial charge on any atom is 0.270 e. The first-order chi connectivity index (χ1) is 10.7. The Kier molecular flexibility index (Phi) is 4.43. The number of carbonyl (C=O) groups excluding carboxylic acids is 1. The van der Waals surface area contributed by atoms with Crippen molar-refractivity contribution in [3.8, 4) is 0 Å². The van der Waals surface area contributed by atoms with Crippen molar-refractivity contribution in [2.24, 2.45) is 5.92 Å². The van der Waals surface area contributed by atoms with E-state index in [1.165, 1.54) is 0 Å². The normalized spacial score (nSPS) is 21.9. The minimum Gasteiger partial charge on any atom is -0.396 e. The molecule has 3 rings (SSSR count). The van der Waals surface area contributed by atoms with E-state index in [1.54, 1.807) is 4.68 Å². The van der Waals surface area contributed by atoms with Gasteiger partial charge in [0, 0.05) is 24.6 Å². The molecule has 5 nitrogen and oxygen atoms in total. The largest absolute Gasteiger partial charge is 0.396 e. The minimum absolute atomic E-state index is 0.0389. The monoisotopic (exact) mass is 301 g/mol. The molecule has 1 fully saturated rings. The third kappa shape index (κ3) is 2.86. The third-order valence-corrected chi connectivity index (χ3v) is 4.60. The predicted molar refractivity (Wildman–Crippen MR) is 85.7 cm³/mol. The summed E-state index contributed by atoms with van der Waals surface area (Å²) < 4.78 is 1.78. The Bertz CT molecular complexity index is 657. The van der Waals surface area contributed by atoms with Crippen molar-refractivity contribution in [2.45, 2.75) is 45.2 Å². The molecular weight excluding hydrogens is 278 g/mol. The topological polar surface area (TPSA) is 67.2 Å². The van der Waals surface area contributed by atoms with Crippen LogP contribution in [0.5, 0.6) is 0 Å². The number of aliphatic hydroxyl groups excluding tert-OH is 1. The van der Waals surface area contributed by atoms with Crippen molar-refractivity contribution in [2.75, 3.05) is 6.61 Å². The van der Waals surface area contributed by atoms with E-state index in [4.69, 9.17) is 0 Å². The van der Waals surface area contributed by atoms with Crippen molar-refractivity contribution in [3.63, 3.8) is 0 Å². The van der Waals surface area contributed by atoms with Crippen LogP contribution in [0.15, 0.2) is 24.3 Å². The number of aromatic nitrogens is 2. The summed E-state index contributed by atoms with van der Waals surface area (Å²) in [5.41, 5.74) is 1.51. The van der Waals surface area contributed by atoms with Crippen LogP contribution in [0.4, 0.5) is 0 Å². The fourth-order valence-corrected chi connectivity index (χ4v) is 3.29. The third-order valence-electron chi connectivity index (χ3n) is 4.60. The van der Waals surface area contributed by atoms with Crippen LogP contribution in [0.25, 0.3) is 10.9 Å². The molecule has 2 N–H and O–H groups in total. The summed E-state index contributed by atoms with van der Waals surface area (Å²) in [6.45, 7) is 2.93. The maximum absolute atomic E-state index is 12.7. The molecule has 1 aromatic carbocycles. The second-order valence-electron chi connectivity index (χ2n) is 6.06. The summed E-state index contributed by atoms with van der Waals surface area (Å²) in [6, 6.07) is 7.96. The van der Waals surface area contributed by atoms with Gasteiger partial charge in [0.15, 0.2) is 0 Å². The second-order valence-corrected chi connectivity index (χ2v) is 6.06. The number of fused-ring (bicyclic) bond motifs is 1. The average molecular weight is 301 g/mol. The highest BCUT2D eigenvalue weighted by Gasteiger charge is 2.24. The lowest BCUT2D eigenvalue weighted by atomic mass is 9.86. The van der Waals surface area contributed by atoms with E-state index in [1.807, 2.05) is 31.2 Å². The Morgan fingerprint density at radius 2 is 2.05 bits per heavy atom. The van der Waals surface area contributed by atoms with Crippen LogP contribution in [-0.4, -0.2) is 33.4 Å². The second kappa shape index (κ2) is 6.48. The molecule has 0 spiro atoms. The number of rotatable bonds is 4. The van der Waals surface area contributed by atoms with Crippen molar-refractivity contribution >= 4 is 16.8 Å². The Hall–Kier alpha value is -1.88. The van der Waals surface area contributed by atoms with Gasteiger partial charge in [0.2, 0.25) is 0 Å². The van der Waals surface area contributed by atoms with Gasteiger partial charge in [-0.15, -0.1) is 0 Å². The Labute approximate surface area is 130 Å². The number of nitrogens with zero attached hydrogens (tertiary/aromatic N) is 2. The highest BCUT2D eigenvalue weighted by atomic mass is 16.3. The Morgan fingerprint density at radius 3 is 2.73 bits per heavy atom. The van der Waals surface area contributed by atoms with Gasteiger partial charge in [-0.25, -0.2) is 0 Å². The fraction of sp³-hybridized carbons (Fsp3) is 0.529. The molecule has 1 saturated carbocycles. The van der Waals surface area contributed by atoms with E-state index in [9.17, 15) is 9.90 Å². The van der Waals surface area contributed by atoms with Gasteiger partial charge in [-0.2, -0.15) is 5.10 Å². The number of aryl methyl sites for hydroxylation is 1. The lowest BCUT2D eigenvalue weighted by Crippen LogP contribution is -2.39. The first-order valence-corrected chi connectivity index (χ1v) is 8.10. The van der Waals surface area contributed by atoms with Gasteiger partial charge in [0.1, 0.15) is 5.69 Å². The quantitative estimate of drug-likeness (QED) is 0.911. The number of hydrogen-bond acceptors (Lipinski definition) is 3. The molecule has 1 aliphatic carbocycles. The van der Waals surface area contributed by atoms with Crippen LogP contribution >= 0.6 is 0 Å². The molecule has 5 heteroatoms. The van der Waals surface area contributed by atoms with Crippen LogP contribution in [0.3, 0.4) is 0 Å². The van der Waals surface area contributed by atoms with Crippen molar-refractivity contribution in [3.05, 3.63) is 30.0 Å². The van der Waals surface area contributed by atoms with E-state index in [0.29, 0.717) is 18.2 Å². The minimum atomic E-state index is -0.0389. The zero-order chi connectivity index (χ0) is 15.5. The van der Waals surface area contributed by atoms with Crippen LogP contribution in [0, 0.1) is 5.92 Å². The summed E-state index contributed by atoms with van der Waals surface area (Å²) in [5, 5.41) is 17.8. The molecule has 0 radical (unpaired) electrons. The number of amides is 1. The Morgan fingerprint density at radius 1 is 1.32 bits per heavy atom. The van der Waals surface area contributed by atoms with Crippen molar-refractivity contribution in [1.29, 1.82) is 0 Å². The molecule has 2 aromatic rings. The fourth-order valence-electron chi connectivity index (χ4n) is 3.29. The van der Waals surface area contributed by atoms with Crippen LogP contribution in [-0.2, 0) is 6.54 Å². The van der Waals surface area contributed by atoms with Crippen molar-refractivity contribution < 1.29 is 9.90 Å². The molecule has 1 heterocycles. The van der Waals surface area contributed by atoms with Gasteiger partial charge in [-0.1, -0.05) is 18.2 Å². The van der Waals surface area contributed by atoms with Crippen LogP contribution in [0.1, 0.15) is 43.1 Å². The lowest BCUT2D eigenvalue weighted by molar-refractivity contribution is 0.0905. The summed E-state index contributed by atoms with van der Waals surface area (Å²) >= 11 is 0. The predicted octanol–water partition coefficient (Wildman–Crippen LogP) is 2.34. The molecule has 0 bridgehead atoms. The molecule has 1 amide bonds. The molecule has 0 aliphatic heterocycles. The van der Waals surface area contributed by atoms with Gasteiger partial charge in [-0.05, 0) is 44.6 Å². The molecule has 0 unspecified atom stereocenters. The van der Waals surface area contributed by atoms with Crippen LogP contribution < -0.4 is 5.32 Å². The number of benzene rings is 1. The zero-order valence-corrected chi connectivity index (χ0v) is 13.0. The van der Waals surface area contributed by atoms with Gasteiger partial charge < -0.3 is 10.4 Å². The molecule has 0 atom stereocenters. The molecule has 1 aromatic heterocycles. The molecule has 118 valence electrons. The standard InChI is InChI=1S/C17H23N3O2/c1-2-20-16(14-5-3-4-6-15(14)19-20)17(22)18-13-9-7-12(11-21)8-10-13/h3-6,12-13,21H,2,7-11H2,1H3,(H,18,22)/t12-,13-. The van der Waals surface area contributed by atoms with E-state index in [2.05, 4.69) is 10.4 Å². The molecular formula is C17H23N3O2. The maximum atomic E-state index is 12.7. The van der Waals surface area contributed by atoms with Crippen LogP contribution in [0.2, 0.25) is 0 Å². The van der Waals surface area contributed by atoms with Crippen molar-refractivity contribution in [1.82, 2.24) is 15.1 Å². The smallest absolute Gasteiger partial charge is 0.270 e. The number of carbonyl (C=O) groups is 1. The van der Waals surface area contributed by atoms with E-state index < -0.39 is 0 Å². The molecule has 0 saturated heterocycles. The van der Waals surface area contributed by atoms with E-state index in [-0.39, 0.29) is 18.6 Å². The van der Waals surface area contributed by atoms with Gasteiger partial charge >= 0.3 is 0 Å². The number of aliphatic hydroxyl groups is 1. The zero-order valence-electron chi connectivity index (χ0n) is 13.0. The summed E-state index contributed by atoms with van der Waals surface area (Å²) in [6.07, 6.45) is 3.84. The Balaban J connectivity index is 1.78. The van der Waals surface area contributed by atoms with Gasteiger partial charge in [-0.3, -0.25) is 9.48 Å². The molecule has 22 heavy (non-hydrogen) atoms. The molecule has 1 aliphatic rings. The van der Waals surface area contributed by atoms with Gasteiger partial charge in [0.25, 0.3) is 5.91 Å². The number of nitrogens with one attached hydrogen (secondary N) is 1. The van der Waals surface area contributed by atoms with E-state index >= 15 is 0 Å². The average Bonchev–Trinajstić information content (AvgIpc) is 2.94. The van der Waals surface area contributed by atoms with Gasteiger partial charge in [0.05, 0.1) is 5.52 Å². The summed E-state index contributed by atoms with van der Waals surface area (Å²) in [7, 11) is 0. The highest BCUT2D eigenvalue weighted by molar-refractivity contribution is 6.05. The lowest BCUT2D eigenvalue weighted by Gasteiger charge is -2.28.